The molecule has 1 N–H and O–H groups in total. The Morgan fingerprint density at radius 1 is 1.44 bits per heavy atom. The zero-order valence-electron chi connectivity index (χ0n) is 10.7. The fraction of sp³-hybridized carbons (Fsp3) is 0.917. The highest BCUT2D eigenvalue weighted by molar-refractivity contribution is 7.99. The second-order valence-electron chi connectivity index (χ2n) is 4.38. The second kappa shape index (κ2) is 7.17. The highest BCUT2D eigenvalue weighted by atomic mass is 32.2. The number of hydrogen-bond acceptors (Lipinski definition) is 3. The summed E-state index contributed by atoms with van der Waals surface area (Å²) in [5.41, 5.74) is 0. The standard InChI is InChI=1S/C12H24N2OS/c1-4-14(3)12(15)9-13-10-6-7-11(8-10)16-5-2/h10-11,13H,4-9H2,1-3H3. The van der Waals surface area contributed by atoms with Crippen LogP contribution in [0, 0.1) is 0 Å². The van der Waals surface area contributed by atoms with E-state index in [4.69, 9.17) is 0 Å². The molecule has 1 aliphatic carbocycles. The quantitative estimate of drug-likeness (QED) is 0.772. The van der Waals surface area contributed by atoms with E-state index in [9.17, 15) is 4.79 Å². The molecule has 1 amide bonds. The van der Waals surface area contributed by atoms with Crippen LogP contribution in [0.3, 0.4) is 0 Å². The van der Waals surface area contributed by atoms with Gasteiger partial charge in [-0.1, -0.05) is 6.92 Å². The predicted molar refractivity (Wildman–Crippen MR) is 70.9 cm³/mol. The van der Waals surface area contributed by atoms with E-state index in [1.165, 1.54) is 25.0 Å². The summed E-state index contributed by atoms with van der Waals surface area (Å²) in [4.78, 5) is 13.4. The topological polar surface area (TPSA) is 32.3 Å². The molecule has 0 radical (unpaired) electrons. The number of carbonyl (C=O) groups excluding carboxylic acids is 1. The van der Waals surface area contributed by atoms with Crippen molar-refractivity contribution in [2.24, 2.45) is 0 Å². The summed E-state index contributed by atoms with van der Waals surface area (Å²) in [5, 5.41) is 4.19. The minimum Gasteiger partial charge on any atom is -0.345 e. The van der Waals surface area contributed by atoms with Crippen LogP contribution in [0.2, 0.25) is 0 Å². The van der Waals surface area contributed by atoms with Gasteiger partial charge >= 0.3 is 0 Å². The van der Waals surface area contributed by atoms with E-state index in [1.807, 2.05) is 14.0 Å². The first-order chi connectivity index (χ1) is 7.67. The summed E-state index contributed by atoms with van der Waals surface area (Å²) >= 11 is 2.05. The molecule has 2 atom stereocenters. The van der Waals surface area contributed by atoms with Crippen LogP contribution < -0.4 is 5.32 Å². The summed E-state index contributed by atoms with van der Waals surface area (Å²) in [6.07, 6.45) is 3.75. The zero-order valence-corrected chi connectivity index (χ0v) is 11.5. The van der Waals surface area contributed by atoms with Crippen LogP contribution in [0.5, 0.6) is 0 Å². The van der Waals surface area contributed by atoms with Gasteiger partial charge in [0.25, 0.3) is 0 Å². The van der Waals surface area contributed by atoms with Crippen LogP contribution in [0.4, 0.5) is 0 Å². The van der Waals surface area contributed by atoms with Gasteiger partial charge in [-0.2, -0.15) is 11.8 Å². The highest BCUT2D eigenvalue weighted by Crippen LogP contribution is 2.29. The fourth-order valence-electron chi connectivity index (χ4n) is 2.06. The lowest BCUT2D eigenvalue weighted by Gasteiger charge is -2.17. The Hall–Kier alpha value is -0.220. The minimum atomic E-state index is 0.203. The number of thioether (sulfide) groups is 1. The van der Waals surface area contributed by atoms with Crippen LogP contribution in [-0.2, 0) is 4.79 Å². The van der Waals surface area contributed by atoms with Gasteiger partial charge in [0.15, 0.2) is 0 Å². The van der Waals surface area contributed by atoms with Crippen LogP contribution in [0.25, 0.3) is 0 Å². The van der Waals surface area contributed by atoms with E-state index in [0.717, 1.165) is 11.8 Å². The first kappa shape index (κ1) is 13.8. The van der Waals surface area contributed by atoms with Crippen molar-refractivity contribution in [3.63, 3.8) is 0 Å². The number of rotatable bonds is 6. The molecule has 0 bridgehead atoms. The molecule has 0 aliphatic heterocycles. The number of hydrogen-bond donors (Lipinski definition) is 1. The third kappa shape index (κ3) is 4.34. The molecule has 4 heteroatoms. The molecule has 0 spiro atoms. The fourth-order valence-corrected chi connectivity index (χ4v) is 3.20. The molecule has 1 aliphatic rings. The summed E-state index contributed by atoms with van der Waals surface area (Å²) in [5.74, 6) is 1.41. The normalized spacial score (nSPS) is 24.7. The Morgan fingerprint density at radius 2 is 2.19 bits per heavy atom. The molecule has 3 nitrogen and oxygen atoms in total. The molecular weight excluding hydrogens is 220 g/mol. The number of carbonyl (C=O) groups is 1. The lowest BCUT2D eigenvalue weighted by molar-refractivity contribution is -0.128. The van der Waals surface area contributed by atoms with Crippen molar-refractivity contribution in [3.8, 4) is 0 Å². The molecule has 1 fully saturated rings. The van der Waals surface area contributed by atoms with Crippen LogP contribution in [0.15, 0.2) is 0 Å². The Kier molecular flexibility index (Phi) is 6.21. The number of likely N-dealkylation sites (N-methyl/N-ethyl adjacent to an activating group) is 1. The number of amides is 1. The monoisotopic (exact) mass is 244 g/mol. The third-order valence-electron chi connectivity index (χ3n) is 3.23. The van der Waals surface area contributed by atoms with E-state index in [0.29, 0.717) is 12.6 Å². The maximum Gasteiger partial charge on any atom is 0.236 e. The van der Waals surface area contributed by atoms with E-state index in [-0.39, 0.29) is 5.91 Å². The smallest absolute Gasteiger partial charge is 0.236 e. The van der Waals surface area contributed by atoms with Gasteiger partial charge < -0.3 is 10.2 Å². The molecule has 0 aromatic heterocycles. The lowest BCUT2D eigenvalue weighted by atomic mass is 10.2. The maximum absolute atomic E-state index is 11.6. The summed E-state index contributed by atoms with van der Waals surface area (Å²) in [6, 6.07) is 0.554. The van der Waals surface area contributed by atoms with Gasteiger partial charge in [-0.15, -0.1) is 0 Å². The first-order valence-corrected chi connectivity index (χ1v) is 7.31. The molecule has 1 rings (SSSR count). The maximum atomic E-state index is 11.6. The van der Waals surface area contributed by atoms with Gasteiger partial charge in [0.2, 0.25) is 5.91 Å². The van der Waals surface area contributed by atoms with Crippen LogP contribution in [0.1, 0.15) is 33.1 Å². The number of nitrogens with zero attached hydrogens (tertiary/aromatic N) is 1. The predicted octanol–water partition coefficient (Wildman–Crippen LogP) is 1.73. The van der Waals surface area contributed by atoms with Gasteiger partial charge in [0.05, 0.1) is 6.54 Å². The molecule has 0 heterocycles. The van der Waals surface area contributed by atoms with Gasteiger partial charge in [0, 0.05) is 24.9 Å². The van der Waals surface area contributed by atoms with Crippen molar-refractivity contribution < 1.29 is 4.79 Å². The highest BCUT2D eigenvalue weighted by Gasteiger charge is 2.24. The largest absolute Gasteiger partial charge is 0.345 e. The Labute approximate surface area is 103 Å². The molecule has 0 saturated heterocycles. The van der Waals surface area contributed by atoms with Gasteiger partial charge in [-0.25, -0.2) is 0 Å². The average molecular weight is 244 g/mol. The Morgan fingerprint density at radius 3 is 2.81 bits per heavy atom. The van der Waals surface area contributed by atoms with Crippen LogP contribution in [-0.4, -0.2) is 48.0 Å². The lowest BCUT2D eigenvalue weighted by Crippen LogP contribution is -2.39. The van der Waals surface area contributed by atoms with Crippen molar-refractivity contribution in [1.82, 2.24) is 10.2 Å². The molecule has 0 aromatic carbocycles. The summed E-state index contributed by atoms with van der Waals surface area (Å²) < 4.78 is 0. The van der Waals surface area contributed by atoms with E-state index >= 15 is 0 Å². The molecular formula is C12H24N2OS. The SMILES string of the molecule is CCSC1CCC(NCC(=O)N(C)CC)C1. The van der Waals surface area contributed by atoms with E-state index < -0.39 is 0 Å². The van der Waals surface area contributed by atoms with Crippen molar-refractivity contribution in [2.45, 2.75) is 44.4 Å². The van der Waals surface area contributed by atoms with Crippen molar-refractivity contribution in [1.29, 1.82) is 0 Å². The van der Waals surface area contributed by atoms with Crippen molar-refractivity contribution >= 4 is 17.7 Å². The first-order valence-electron chi connectivity index (χ1n) is 6.26. The zero-order chi connectivity index (χ0) is 12.0. The molecule has 0 aromatic rings. The van der Waals surface area contributed by atoms with Gasteiger partial charge in [0.1, 0.15) is 0 Å². The average Bonchev–Trinajstić information content (AvgIpc) is 2.73. The molecule has 94 valence electrons. The van der Waals surface area contributed by atoms with Gasteiger partial charge in [-0.05, 0) is 31.9 Å². The molecule has 1 saturated carbocycles. The Bertz CT molecular complexity index is 223. The number of nitrogens with one attached hydrogen (secondary N) is 1. The van der Waals surface area contributed by atoms with E-state index in [2.05, 4.69) is 24.0 Å². The minimum absolute atomic E-state index is 0.203. The van der Waals surface area contributed by atoms with Crippen LogP contribution >= 0.6 is 11.8 Å². The summed E-state index contributed by atoms with van der Waals surface area (Å²) in [6.45, 7) is 5.50. The van der Waals surface area contributed by atoms with Gasteiger partial charge in [-0.3, -0.25) is 4.79 Å². The molecule has 16 heavy (non-hydrogen) atoms. The van der Waals surface area contributed by atoms with Crippen molar-refractivity contribution in [3.05, 3.63) is 0 Å². The second-order valence-corrected chi connectivity index (χ2v) is 5.95. The van der Waals surface area contributed by atoms with E-state index in [1.54, 1.807) is 4.90 Å². The third-order valence-corrected chi connectivity index (χ3v) is 4.46. The van der Waals surface area contributed by atoms with Crippen molar-refractivity contribution in [2.75, 3.05) is 25.9 Å². The molecule has 2 unspecified atom stereocenters. The Balaban J connectivity index is 2.17. The summed E-state index contributed by atoms with van der Waals surface area (Å²) in [7, 11) is 1.86.